The van der Waals surface area contributed by atoms with Gasteiger partial charge < -0.3 is 4.74 Å². The van der Waals surface area contributed by atoms with Crippen LogP contribution in [0.5, 0.6) is 5.75 Å². The second-order valence-electron chi connectivity index (χ2n) is 6.34. The van der Waals surface area contributed by atoms with Gasteiger partial charge >= 0.3 is 6.18 Å². The van der Waals surface area contributed by atoms with Crippen LogP contribution in [0.15, 0.2) is 24.3 Å². The van der Waals surface area contributed by atoms with Crippen LogP contribution in [0.2, 0.25) is 0 Å². The van der Waals surface area contributed by atoms with E-state index in [0.717, 1.165) is 10.6 Å². The predicted octanol–water partition coefficient (Wildman–Crippen LogP) is 3.07. The molecule has 4 nitrogen and oxygen atoms in total. The third-order valence-corrected chi connectivity index (χ3v) is 4.05. The van der Waals surface area contributed by atoms with Crippen LogP contribution >= 0.6 is 0 Å². The molecule has 1 aromatic carbocycles. The molecule has 1 saturated heterocycles. The molecule has 23 heavy (non-hydrogen) atoms. The molecule has 1 heterocycles. The second kappa shape index (κ2) is 6.39. The van der Waals surface area contributed by atoms with E-state index in [4.69, 9.17) is 4.74 Å². The van der Waals surface area contributed by atoms with Gasteiger partial charge in [-0.3, -0.25) is 10.2 Å². The first-order valence-electron chi connectivity index (χ1n) is 7.42. The Morgan fingerprint density at radius 3 is 2.35 bits per heavy atom. The summed E-state index contributed by atoms with van der Waals surface area (Å²) in [5.41, 5.74) is 2.29. The SMILES string of the molecule is COc1ccc(CCC(N2NC(=O)CC2(C)C)C(F)(F)F)cc1. The van der Waals surface area contributed by atoms with Gasteiger partial charge in [-0.2, -0.15) is 13.2 Å². The quantitative estimate of drug-likeness (QED) is 0.902. The second-order valence-corrected chi connectivity index (χ2v) is 6.34. The first kappa shape index (κ1) is 17.6. The van der Waals surface area contributed by atoms with Crippen LogP contribution in [0.25, 0.3) is 0 Å². The van der Waals surface area contributed by atoms with Gasteiger partial charge in [0.05, 0.1) is 7.11 Å². The molecule has 7 heteroatoms. The number of halogens is 3. The number of benzene rings is 1. The number of hydrogen-bond acceptors (Lipinski definition) is 3. The van der Waals surface area contributed by atoms with Crippen molar-refractivity contribution in [3.8, 4) is 5.75 Å². The molecule has 128 valence electrons. The van der Waals surface area contributed by atoms with Crippen LogP contribution in [0, 0.1) is 0 Å². The summed E-state index contributed by atoms with van der Waals surface area (Å²) in [7, 11) is 1.53. The summed E-state index contributed by atoms with van der Waals surface area (Å²) in [6.07, 6.45) is -4.22. The highest BCUT2D eigenvalue weighted by Gasteiger charge is 2.51. The van der Waals surface area contributed by atoms with Gasteiger partial charge in [-0.15, -0.1) is 0 Å². The molecule has 1 aliphatic rings. The van der Waals surface area contributed by atoms with Crippen molar-refractivity contribution < 1.29 is 22.7 Å². The maximum Gasteiger partial charge on any atom is 0.405 e. The number of nitrogens with zero attached hydrogens (tertiary/aromatic N) is 1. The Morgan fingerprint density at radius 1 is 1.30 bits per heavy atom. The Kier molecular flexibility index (Phi) is 4.89. The average molecular weight is 330 g/mol. The lowest BCUT2D eigenvalue weighted by atomic mass is 9.97. The fourth-order valence-electron chi connectivity index (χ4n) is 2.84. The topological polar surface area (TPSA) is 41.6 Å². The summed E-state index contributed by atoms with van der Waals surface area (Å²) in [6.45, 7) is 3.27. The van der Waals surface area contributed by atoms with Crippen molar-refractivity contribution in [2.75, 3.05) is 7.11 Å². The number of hydrazine groups is 1. The summed E-state index contributed by atoms with van der Waals surface area (Å²) in [4.78, 5) is 11.5. The molecule has 0 spiro atoms. The first-order chi connectivity index (χ1) is 10.6. The van der Waals surface area contributed by atoms with Gasteiger partial charge in [-0.25, -0.2) is 5.01 Å². The zero-order valence-electron chi connectivity index (χ0n) is 13.4. The minimum Gasteiger partial charge on any atom is -0.497 e. The van der Waals surface area contributed by atoms with E-state index in [1.54, 1.807) is 38.1 Å². The molecule has 0 bridgehead atoms. The zero-order valence-corrected chi connectivity index (χ0v) is 13.4. The maximum atomic E-state index is 13.5. The van der Waals surface area contributed by atoms with Crippen LogP contribution in [-0.2, 0) is 11.2 Å². The van der Waals surface area contributed by atoms with Crippen molar-refractivity contribution in [3.63, 3.8) is 0 Å². The molecule has 1 amide bonds. The highest BCUT2D eigenvalue weighted by Crippen LogP contribution is 2.35. The number of amides is 1. The van der Waals surface area contributed by atoms with E-state index >= 15 is 0 Å². The Bertz CT molecular complexity index is 555. The van der Waals surface area contributed by atoms with Crippen LogP contribution in [0.1, 0.15) is 32.3 Å². The molecule has 2 rings (SSSR count). The van der Waals surface area contributed by atoms with E-state index in [1.165, 1.54) is 7.11 Å². The van der Waals surface area contributed by atoms with Crippen LogP contribution < -0.4 is 10.2 Å². The lowest BCUT2D eigenvalue weighted by Crippen LogP contribution is -2.56. The third-order valence-electron chi connectivity index (χ3n) is 4.05. The number of aryl methyl sites for hydroxylation is 1. The molecule has 1 fully saturated rings. The Hall–Kier alpha value is -1.76. The van der Waals surface area contributed by atoms with Crippen LogP contribution in [-0.4, -0.2) is 35.8 Å². The smallest absolute Gasteiger partial charge is 0.405 e. The van der Waals surface area contributed by atoms with Crippen LogP contribution in [0.3, 0.4) is 0 Å². The lowest BCUT2D eigenvalue weighted by molar-refractivity contribution is -0.202. The Balaban J connectivity index is 2.12. The number of rotatable bonds is 5. The van der Waals surface area contributed by atoms with E-state index in [1.807, 2.05) is 0 Å². The molecular formula is C16H21F3N2O2. The van der Waals surface area contributed by atoms with Gasteiger partial charge in [0, 0.05) is 12.0 Å². The van der Waals surface area contributed by atoms with Gasteiger partial charge in [0.1, 0.15) is 11.8 Å². The van der Waals surface area contributed by atoms with Gasteiger partial charge in [-0.1, -0.05) is 12.1 Å². The molecule has 1 N–H and O–H groups in total. The summed E-state index contributed by atoms with van der Waals surface area (Å²) in [6, 6.07) is 5.23. The van der Waals surface area contributed by atoms with Crippen molar-refractivity contribution in [1.82, 2.24) is 10.4 Å². The maximum absolute atomic E-state index is 13.5. The zero-order chi connectivity index (χ0) is 17.3. The van der Waals surface area contributed by atoms with Gasteiger partial charge in [0.25, 0.3) is 0 Å². The molecule has 0 saturated carbocycles. The molecule has 1 unspecified atom stereocenters. The normalized spacial score (nSPS) is 19.5. The van der Waals surface area contributed by atoms with E-state index in [2.05, 4.69) is 5.43 Å². The molecule has 1 atom stereocenters. The minimum absolute atomic E-state index is 0.0577. The molecule has 1 aromatic rings. The van der Waals surface area contributed by atoms with Crippen molar-refractivity contribution in [1.29, 1.82) is 0 Å². The van der Waals surface area contributed by atoms with E-state index in [0.29, 0.717) is 5.75 Å². The van der Waals surface area contributed by atoms with Gasteiger partial charge in [0.15, 0.2) is 0 Å². The standard InChI is InChI=1S/C16H21F3N2O2/c1-15(2)10-14(22)20-21(15)13(16(17,18)19)9-6-11-4-7-12(23-3)8-5-11/h4-5,7-8,13H,6,9-10H2,1-3H3,(H,20,22). The summed E-state index contributed by atoms with van der Waals surface area (Å²) < 4.78 is 45.4. The van der Waals surface area contributed by atoms with E-state index in [9.17, 15) is 18.0 Å². The molecule has 0 aliphatic carbocycles. The molecule has 0 radical (unpaired) electrons. The van der Waals surface area contributed by atoms with Gasteiger partial charge in [0.2, 0.25) is 5.91 Å². The van der Waals surface area contributed by atoms with E-state index < -0.39 is 17.8 Å². The molecule has 1 aliphatic heterocycles. The third kappa shape index (κ3) is 4.16. The van der Waals surface area contributed by atoms with Crippen molar-refractivity contribution in [2.24, 2.45) is 0 Å². The highest BCUT2D eigenvalue weighted by atomic mass is 19.4. The van der Waals surface area contributed by atoms with Crippen molar-refractivity contribution >= 4 is 5.91 Å². The Morgan fingerprint density at radius 2 is 1.91 bits per heavy atom. The average Bonchev–Trinajstić information content (AvgIpc) is 2.71. The Labute approximate surface area is 133 Å². The first-order valence-corrected chi connectivity index (χ1v) is 7.42. The predicted molar refractivity (Wildman–Crippen MR) is 79.8 cm³/mol. The van der Waals surface area contributed by atoms with E-state index in [-0.39, 0.29) is 25.2 Å². The summed E-state index contributed by atoms with van der Waals surface area (Å²) >= 11 is 0. The van der Waals surface area contributed by atoms with Gasteiger partial charge in [-0.05, 0) is 44.4 Å². The van der Waals surface area contributed by atoms with Crippen LogP contribution in [0.4, 0.5) is 13.2 Å². The summed E-state index contributed by atoms with van der Waals surface area (Å²) in [5, 5.41) is 1.05. The summed E-state index contributed by atoms with van der Waals surface area (Å²) in [5.74, 6) is 0.280. The number of nitrogens with one attached hydrogen (secondary N) is 1. The number of ether oxygens (including phenoxy) is 1. The number of carbonyl (C=O) groups excluding carboxylic acids is 1. The monoisotopic (exact) mass is 330 g/mol. The largest absolute Gasteiger partial charge is 0.497 e. The number of carbonyl (C=O) groups is 1. The fraction of sp³-hybridized carbons (Fsp3) is 0.562. The highest BCUT2D eigenvalue weighted by molar-refractivity contribution is 5.78. The number of methoxy groups -OCH3 is 1. The number of alkyl halides is 3. The fourth-order valence-corrected chi connectivity index (χ4v) is 2.84. The lowest BCUT2D eigenvalue weighted by Gasteiger charge is -2.37. The molecular weight excluding hydrogens is 309 g/mol. The number of hydrogen-bond donors (Lipinski definition) is 1. The molecule has 0 aromatic heterocycles. The van der Waals surface area contributed by atoms with Crippen molar-refractivity contribution in [3.05, 3.63) is 29.8 Å². The minimum atomic E-state index is -4.42. The van der Waals surface area contributed by atoms with Crippen molar-refractivity contribution in [2.45, 2.75) is 50.9 Å².